The summed E-state index contributed by atoms with van der Waals surface area (Å²) in [6, 6.07) is 37.4. The predicted molar refractivity (Wildman–Crippen MR) is 170 cm³/mol. The van der Waals surface area contributed by atoms with Gasteiger partial charge in [0.2, 0.25) is 11.8 Å². The maximum atomic E-state index is 14.5. The van der Waals surface area contributed by atoms with E-state index in [1.54, 1.807) is 4.90 Å². The fourth-order valence-corrected chi connectivity index (χ4v) is 6.10. The molecule has 1 atom stereocenters. The number of hydrogen-bond donors (Lipinski definition) is 1. The first-order chi connectivity index (χ1) is 20.6. The van der Waals surface area contributed by atoms with E-state index in [0.29, 0.717) is 18.0 Å². The molecule has 0 heterocycles. The molecule has 5 heteroatoms. The number of carbonyl (C=O) groups excluding carboxylic acids is 2. The second-order valence-corrected chi connectivity index (χ2v) is 11.7. The minimum atomic E-state index is -0.648. The number of amides is 2. The van der Waals surface area contributed by atoms with Crippen LogP contribution in [0.5, 0.6) is 0 Å². The van der Waals surface area contributed by atoms with Crippen LogP contribution in [0.3, 0.4) is 0 Å². The molecule has 4 aromatic carbocycles. The molecule has 0 spiro atoms. The van der Waals surface area contributed by atoms with E-state index in [1.807, 2.05) is 91.0 Å². The van der Waals surface area contributed by atoms with Crippen LogP contribution < -0.4 is 5.32 Å². The van der Waals surface area contributed by atoms with Crippen LogP contribution in [0.25, 0.3) is 0 Å². The standard InChI is InChI=1S/C37H39ClN2O2/c38-32-23-21-29(22-24-32)27-40(36(41)26-34(30-15-7-2-8-16-30)31-17-9-3-10-18-31)35(25-28-13-5-1-6-14-28)37(42)39-33-19-11-4-12-20-33/h1-3,5-10,13-18,21-24,33-35H,4,11-12,19-20,25-27H2,(H,39,42)/t35-/m1/s1. The minimum Gasteiger partial charge on any atom is -0.352 e. The van der Waals surface area contributed by atoms with E-state index in [4.69, 9.17) is 11.6 Å². The van der Waals surface area contributed by atoms with Gasteiger partial charge in [-0.05, 0) is 47.2 Å². The van der Waals surface area contributed by atoms with Crippen molar-refractivity contribution in [2.24, 2.45) is 0 Å². The molecule has 0 aliphatic heterocycles. The van der Waals surface area contributed by atoms with Crippen LogP contribution in [-0.2, 0) is 22.6 Å². The van der Waals surface area contributed by atoms with E-state index in [-0.39, 0.29) is 30.2 Å². The minimum absolute atomic E-state index is 0.0534. The molecule has 42 heavy (non-hydrogen) atoms. The van der Waals surface area contributed by atoms with Gasteiger partial charge in [0.25, 0.3) is 0 Å². The highest BCUT2D eigenvalue weighted by Gasteiger charge is 2.33. The molecule has 1 fully saturated rings. The highest BCUT2D eigenvalue weighted by Crippen LogP contribution is 2.30. The van der Waals surface area contributed by atoms with Crippen LogP contribution in [0, 0.1) is 0 Å². The number of rotatable bonds is 11. The van der Waals surface area contributed by atoms with Crippen molar-refractivity contribution in [3.63, 3.8) is 0 Å². The van der Waals surface area contributed by atoms with Crippen LogP contribution in [0.2, 0.25) is 5.02 Å². The molecule has 5 rings (SSSR count). The van der Waals surface area contributed by atoms with Crippen LogP contribution in [0.15, 0.2) is 115 Å². The maximum Gasteiger partial charge on any atom is 0.243 e. The van der Waals surface area contributed by atoms with Crippen molar-refractivity contribution in [1.29, 1.82) is 0 Å². The lowest BCUT2D eigenvalue weighted by Gasteiger charge is -2.34. The van der Waals surface area contributed by atoms with Crippen molar-refractivity contribution >= 4 is 23.4 Å². The molecular formula is C37H39ClN2O2. The molecule has 4 nitrogen and oxygen atoms in total. The van der Waals surface area contributed by atoms with Gasteiger partial charge in [0.05, 0.1) is 0 Å². The topological polar surface area (TPSA) is 49.4 Å². The molecule has 0 saturated heterocycles. The monoisotopic (exact) mass is 578 g/mol. The van der Waals surface area contributed by atoms with Gasteiger partial charge in [0.1, 0.15) is 6.04 Å². The lowest BCUT2D eigenvalue weighted by molar-refractivity contribution is -0.141. The fourth-order valence-electron chi connectivity index (χ4n) is 5.98. The van der Waals surface area contributed by atoms with E-state index in [0.717, 1.165) is 47.9 Å². The molecule has 1 aliphatic carbocycles. The Bertz CT molecular complexity index is 1370. The summed E-state index contributed by atoms with van der Waals surface area (Å²) in [6.45, 7) is 0.321. The van der Waals surface area contributed by atoms with E-state index < -0.39 is 6.04 Å². The first-order valence-electron chi connectivity index (χ1n) is 15.0. The quantitative estimate of drug-likeness (QED) is 0.196. The second-order valence-electron chi connectivity index (χ2n) is 11.3. The fraction of sp³-hybridized carbons (Fsp3) is 0.297. The Kier molecular flexibility index (Phi) is 10.5. The third kappa shape index (κ3) is 8.10. The Morgan fingerprint density at radius 3 is 1.83 bits per heavy atom. The van der Waals surface area contributed by atoms with Gasteiger partial charge < -0.3 is 10.2 Å². The molecule has 1 saturated carbocycles. The predicted octanol–water partition coefficient (Wildman–Crippen LogP) is 7.95. The molecule has 216 valence electrons. The van der Waals surface area contributed by atoms with Gasteiger partial charge in [-0.2, -0.15) is 0 Å². The number of halogens is 1. The second kappa shape index (κ2) is 14.8. The Balaban J connectivity index is 1.50. The number of benzene rings is 4. The zero-order valence-corrected chi connectivity index (χ0v) is 24.8. The third-order valence-corrected chi connectivity index (χ3v) is 8.52. The van der Waals surface area contributed by atoms with Crippen molar-refractivity contribution in [2.45, 2.75) is 69.5 Å². The molecule has 0 radical (unpaired) electrons. The van der Waals surface area contributed by atoms with Crippen LogP contribution in [-0.4, -0.2) is 28.8 Å². The van der Waals surface area contributed by atoms with Crippen molar-refractivity contribution < 1.29 is 9.59 Å². The number of nitrogens with zero attached hydrogens (tertiary/aromatic N) is 1. The Morgan fingerprint density at radius 2 is 1.26 bits per heavy atom. The zero-order chi connectivity index (χ0) is 29.1. The first kappa shape index (κ1) is 29.6. The molecule has 0 aromatic heterocycles. The van der Waals surface area contributed by atoms with Gasteiger partial charge in [-0.3, -0.25) is 9.59 Å². The van der Waals surface area contributed by atoms with Crippen LogP contribution >= 0.6 is 11.6 Å². The molecule has 2 amide bonds. The molecular weight excluding hydrogens is 540 g/mol. The average molecular weight is 579 g/mol. The smallest absolute Gasteiger partial charge is 0.243 e. The lowest BCUT2D eigenvalue weighted by Crippen LogP contribution is -2.53. The Morgan fingerprint density at radius 1 is 0.714 bits per heavy atom. The Labute approximate surface area is 254 Å². The third-order valence-electron chi connectivity index (χ3n) is 8.27. The summed E-state index contributed by atoms with van der Waals surface area (Å²) in [7, 11) is 0. The zero-order valence-electron chi connectivity index (χ0n) is 24.0. The van der Waals surface area contributed by atoms with Gasteiger partial charge in [-0.25, -0.2) is 0 Å². The summed E-state index contributed by atoms with van der Waals surface area (Å²) in [6.07, 6.45) is 6.12. The summed E-state index contributed by atoms with van der Waals surface area (Å²) in [5, 5.41) is 3.97. The lowest BCUT2D eigenvalue weighted by atomic mass is 9.87. The van der Waals surface area contributed by atoms with Crippen LogP contribution in [0.4, 0.5) is 0 Å². The first-order valence-corrected chi connectivity index (χ1v) is 15.4. The highest BCUT2D eigenvalue weighted by atomic mass is 35.5. The van der Waals surface area contributed by atoms with Gasteiger partial charge in [-0.15, -0.1) is 0 Å². The molecule has 4 aromatic rings. The maximum absolute atomic E-state index is 14.5. The van der Waals surface area contributed by atoms with Gasteiger partial charge >= 0.3 is 0 Å². The SMILES string of the molecule is O=C(NC1CCCCC1)[C@@H](Cc1ccccc1)N(Cc1ccc(Cl)cc1)C(=O)CC(c1ccccc1)c1ccccc1. The van der Waals surface area contributed by atoms with E-state index >= 15 is 0 Å². The van der Waals surface area contributed by atoms with E-state index in [1.165, 1.54) is 6.42 Å². The van der Waals surface area contributed by atoms with Crippen molar-refractivity contribution in [2.75, 3.05) is 0 Å². The average Bonchev–Trinajstić information content (AvgIpc) is 3.04. The van der Waals surface area contributed by atoms with E-state index in [9.17, 15) is 9.59 Å². The largest absolute Gasteiger partial charge is 0.352 e. The summed E-state index contributed by atoms with van der Waals surface area (Å²) in [5.74, 6) is -0.266. The normalized spacial score (nSPS) is 14.3. The van der Waals surface area contributed by atoms with E-state index in [2.05, 4.69) is 29.6 Å². The molecule has 1 aliphatic rings. The van der Waals surface area contributed by atoms with Gasteiger partial charge in [0, 0.05) is 36.4 Å². The van der Waals surface area contributed by atoms with Gasteiger partial charge in [0.15, 0.2) is 0 Å². The summed E-state index contributed by atoms with van der Waals surface area (Å²) in [5.41, 5.74) is 4.12. The highest BCUT2D eigenvalue weighted by molar-refractivity contribution is 6.30. The van der Waals surface area contributed by atoms with Crippen molar-refractivity contribution in [3.8, 4) is 0 Å². The van der Waals surface area contributed by atoms with Gasteiger partial charge in [-0.1, -0.05) is 134 Å². The van der Waals surface area contributed by atoms with Crippen molar-refractivity contribution in [3.05, 3.63) is 143 Å². The summed E-state index contributed by atoms with van der Waals surface area (Å²) >= 11 is 6.20. The van der Waals surface area contributed by atoms with Crippen molar-refractivity contribution in [1.82, 2.24) is 10.2 Å². The number of nitrogens with one attached hydrogen (secondary N) is 1. The summed E-state index contributed by atoms with van der Waals surface area (Å²) < 4.78 is 0. The Hall–Kier alpha value is -3.89. The molecule has 1 N–H and O–H groups in total. The number of carbonyl (C=O) groups is 2. The summed E-state index contributed by atoms with van der Waals surface area (Å²) in [4.78, 5) is 30.4. The number of hydrogen-bond acceptors (Lipinski definition) is 2. The molecule has 0 unspecified atom stereocenters. The van der Waals surface area contributed by atoms with Crippen LogP contribution in [0.1, 0.15) is 66.7 Å². The molecule has 0 bridgehead atoms.